The molecule has 2 rings (SSSR count). The van der Waals surface area contributed by atoms with Crippen LogP contribution in [0.5, 0.6) is 0 Å². The third-order valence-electron chi connectivity index (χ3n) is 3.99. The zero-order valence-corrected chi connectivity index (χ0v) is 11.6. The molecule has 2 unspecified atom stereocenters. The van der Waals surface area contributed by atoms with Crippen LogP contribution in [0.15, 0.2) is 18.2 Å². The van der Waals surface area contributed by atoms with Gasteiger partial charge in [0.05, 0.1) is 5.02 Å². The normalized spacial score (nSPS) is 23.3. The number of halogens is 2. The zero-order valence-electron chi connectivity index (χ0n) is 10.9. The van der Waals surface area contributed by atoms with Crippen LogP contribution >= 0.6 is 11.6 Å². The summed E-state index contributed by atoms with van der Waals surface area (Å²) in [5.41, 5.74) is 6.43. The van der Waals surface area contributed by atoms with Crippen LogP contribution < -0.4 is 5.73 Å². The average Bonchev–Trinajstić information content (AvgIpc) is 2.43. The third-order valence-corrected chi connectivity index (χ3v) is 4.29. The van der Waals surface area contributed by atoms with Crippen LogP contribution in [0.25, 0.3) is 0 Å². The minimum absolute atomic E-state index is 0.0393. The topological polar surface area (TPSA) is 43.1 Å². The number of benzene rings is 1. The molecule has 0 bridgehead atoms. The molecule has 1 aliphatic carbocycles. The molecule has 0 amide bonds. The lowest BCUT2D eigenvalue weighted by atomic mass is 9.76. The number of hydrogen-bond acceptors (Lipinski definition) is 2. The average molecular weight is 284 g/mol. The fourth-order valence-corrected chi connectivity index (χ4v) is 3.01. The number of carbonyl (C=O) groups excluding carboxylic acids is 1. The monoisotopic (exact) mass is 283 g/mol. The van der Waals surface area contributed by atoms with Crippen LogP contribution in [-0.2, 0) is 11.2 Å². The number of nitrogens with two attached hydrogens (primary N) is 1. The predicted octanol–water partition coefficient (Wildman–Crippen LogP) is 3.36. The highest BCUT2D eigenvalue weighted by Crippen LogP contribution is 2.31. The molecule has 0 aliphatic heterocycles. The summed E-state index contributed by atoms with van der Waals surface area (Å²) in [6.07, 6.45) is 4.46. The van der Waals surface area contributed by atoms with Crippen LogP contribution in [0, 0.1) is 17.7 Å². The minimum atomic E-state index is -0.467. The molecule has 0 saturated heterocycles. The van der Waals surface area contributed by atoms with Gasteiger partial charge in [-0.05, 0) is 43.0 Å². The lowest BCUT2D eigenvalue weighted by molar-refractivity contribution is -0.124. The van der Waals surface area contributed by atoms with Gasteiger partial charge in [0.1, 0.15) is 11.6 Å². The van der Waals surface area contributed by atoms with Crippen LogP contribution in [0.1, 0.15) is 31.2 Å². The lowest BCUT2D eigenvalue weighted by Gasteiger charge is -2.29. The SMILES string of the molecule is NCC1CCCCC1C(=O)Cc1ccc(Cl)c(F)c1. The van der Waals surface area contributed by atoms with Gasteiger partial charge in [-0.2, -0.15) is 0 Å². The molecule has 1 fully saturated rings. The Kier molecular flexibility index (Phi) is 4.94. The number of ketones is 1. The molecular formula is C15H19ClFNO. The maximum Gasteiger partial charge on any atom is 0.142 e. The van der Waals surface area contributed by atoms with Crippen LogP contribution in [0.4, 0.5) is 4.39 Å². The summed E-state index contributed by atoms with van der Waals surface area (Å²) in [6.45, 7) is 0.561. The maximum atomic E-state index is 13.4. The Morgan fingerprint density at radius 2 is 2.11 bits per heavy atom. The third kappa shape index (κ3) is 3.54. The van der Waals surface area contributed by atoms with Crippen molar-refractivity contribution in [3.8, 4) is 0 Å². The number of hydrogen-bond donors (Lipinski definition) is 1. The van der Waals surface area contributed by atoms with Crippen molar-refractivity contribution in [2.75, 3.05) is 6.54 Å². The molecular weight excluding hydrogens is 265 g/mol. The van der Waals surface area contributed by atoms with E-state index in [1.54, 1.807) is 6.07 Å². The summed E-state index contributed by atoms with van der Waals surface area (Å²) in [5.74, 6) is 0.0405. The standard InChI is InChI=1S/C15H19ClFNO/c16-13-6-5-10(7-14(13)17)8-15(19)12-4-2-1-3-11(12)9-18/h5-7,11-12H,1-4,8-9,18H2. The Bertz CT molecular complexity index is 463. The van der Waals surface area contributed by atoms with Gasteiger partial charge in [0.25, 0.3) is 0 Å². The van der Waals surface area contributed by atoms with Crippen molar-refractivity contribution in [1.82, 2.24) is 0 Å². The fraction of sp³-hybridized carbons (Fsp3) is 0.533. The molecule has 0 heterocycles. The van der Waals surface area contributed by atoms with Gasteiger partial charge in [-0.3, -0.25) is 4.79 Å². The Morgan fingerprint density at radius 1 is 1.37 bits per heavy atom. The first-order valence-electron chi connectivity index (χ1n) is 6.78. The predicted molar refractivity (Wildman–Crippen MR) is 74.6 cm³/mol. The second-order valence-electron chi connectivity index (χ2n) is 5.28. The van der Waals surface area contributed by atoms with E-state index in [-0.39, 0.29) is 23.1 Å². The summed E-state index contributed by atoms with van der Waals surface area (Å²) < 4.78 is 13.4. The van der Waals surface area contributed by atoms with E-state index in [0.29, 0.717) is 18.0 Å². The Balaban J connectivity index is 2.05. The Labute approximate surface area is 118 Å². The smallest absolute Gasteiger partial charge is 0.142 e. The highest BCUT2D eigenvalue weighted by Gasteiger charge is 2.29. The van der Waals surface area contributed by atoms with Crippen molar-refractivity contribution in [3.05, 3.63) is 34.6 Å². The van der Waals surface area contributed by atoms with Crippen molar-refractivity contribution in [2.45, 2.75) is 32.1 Å². The van der Waals surface area contributed by atoms with Gasteiger partial charge in [0, 0.05) is 12.3 Å². The van der Waals surface area contributed by atoms with Gasteiger partial charge >= 0.3 is 0 Å². The van der Waals surface area contributed by atoms with Crippen molar-refractivity contribution in [3.63, 3.8) is 0 Å². The van der Waals surface area contributed by atoms with Gasteiger partial charge in [0.2, 0.25) is 0 Å². The quantitative estimate of drug-likeness (QED) is 0.921. The van der Waals surface area contributed by atoms with Crippen LogP contribution in [0.2, 0.25) is 5.02 Å². The largest absolute Gasteiger partial charge is 0.330 e. The van der Waals surface area contributed by atoms with Crippen molar-refractivity contribution in [1.29, 1.82) is 0 Å². The Morgan fingerprint density at radius 3 is 2.79 bits per heavy atom. The summed E-state index contributed by atoms with van der Waals surface area (Å²) >= 11 is 5.64. The van der Waals surface area contributed by atoms with E-state index in [4.69, 9.17) is 17.3 Å². The van der Waals surface area contributed by atoms with E-state index in [2.05, 4.69) is 0 Å². The fourth-order valence-electron chi connectivity index (χ4n) is 2.90. The second-order valence-corrected chi connectivity index (χ2v) is 5.69. The molecule has 1 aromatic carbocycles. The molecule has 0 spiro atoms. The van der Waals surface area contributed by atoms with Crippen molar-refractivity contribution in [2.24, 2.45) is 17.6 Å². The molecule has 2 nitrogen and oxygen atoms in total. The van der Waals surface area contributed by atoms with Crippen molar-refractivity contribution >= 4 is 17.4 Å². The van der Waals surface area contributed by atoms with Crippen molar-refractivity contribution < 1.29 is 9.18 Å². The van der Waals surface area contributed by atoms with Gasteiger partial charge < -0.3 is 5.73 Å². The lowest BCUT2D eigenvalue weighted by Crippen LogP contribution is -2.33. The molecule has 0 radical (unpaired) electrons. The summed E-state index contributed by atoms with van der Waals surface area (Å²) in [7, 11) is 0. The van der Waals surface area contributed by atoms with Crippen LogP contribution in [-0.4, -0.2) is 12.3 Å². The summed E-state index contributed by atoms with van der Waals surface area (Å²) in [6, 6.07) is 4.56. The first-order chi connectivity index (χ1) is 9.11. The molecule has 2 atom stereocenters. The molecule has 2 N–H and O–H groups in total. The van der Waals surface area contributed by atoms with E-state index in [9.17, 15) is 9.18 Å². The van der Waals surface area contributed by atoms with Gasteiger partial charge in [-0.15, -0.1) is 0 Å². The van der Waals surface area contributed by atoms with Gasteiger partial charge in [0.15, 0.2) is 0 Å². The van der Waals surface area contributed by atoms with Gasteiger partial charge in [-0.25, -0.2) is 4.39 Å². The molecule has 0 aromatic heterocycles. The zero-order chi connectivity index (χ0) is 13.8. The number of Topliss-reactive ketones (excluding diaryl/α,β-unsaturated/α-hetero) is 1. The minimum Gasteiger partial charge on any atom is -0.330 e. The summed E-state index contributed by atoms with van der Waals surface area (Å²) in [5, 5.41) is 0.0914. The maximum absolute atomic E-state index is 13.4. The second kappa shape index (κ2) is 6.49. The van der Waals surface area contributed by atoms with E-state index in [1.165, 1.54) is 12.1 Å². The number of rotatable bonds is 4. The highest BCUT2D eigenvalue weighted by atomic mass is 35.5. The number of carbonyl (C=O) groups is 1. The summed E-state index contributed by atoms with van der Waals surface area (Å²) in [4.78, 5) is 12.3. The van der Waals surface area contributed by atoms with E-state index in [0.717, 1.165) is 25.7 Å². The van der Waals surface area contributed by atoms with E-state index < -0.39 is 5.82 Å². The molecule has 19 heavy (non-hydrogen) atoms. The Hall–Kier alpha value is -0.930. The first-order valence-corrected chi connectivity index (χ1v) is 7.16. The highest BCUT2D eigenvalue weighted by molar-refractivity contribution is 6.30. The molecule has 104 valence electrons. The van der Waals surface area contributed by atoms with E-state index in [1.807, 2.05) is 0 Å². The van der Waals surface area contributed by atoms with Gasteiger partial charge in [-0.1, -0.05) is 30.5 Å². The molecule has 1 aromatic rings. The van der Waals surface area contributed by atoms with Crippen LogP contribution in [0.3, 0.4) is 0 Å². The molecule has 4 heteroatoms. The van der Waals surface area contributed by atoms with E-state index >= 15 is 0 Å². The first kappa shape index (κ1) is 14.5. The molecule has 1 aliphatic rings. The molecule has 1 saturated carbocycles.